The first kappa shape index (κ1) is 16.8. The molecule has 0 aromatic carbocycles. The maximum Gasteiger partial charge on any atom is 0.349 e. The Morgan fingerprint density at radius 1 is 1.50 bits per heavy atom. The third kappa shape index (κ3) is 6.48. The zero-order valence-corrected chi connectivity index (χ0v) is 11.4. The van der Waals surface area contributed by atoms with Gasteiger partial charge in [-0.15, -0.1) is 0 Å². The molecule has 2 N–H and O–H groups in total. The van der Waals surface area contributed by atoms with Crippen molar-refractivity contribution in [3.05, 3.63) is 11.8 Å². The van der Waals surface area contributed by atoms with E-state index in [1.165, 1.54) is 6.92 Å². The molecule has 0 saturated carbocycles. The number of carboxylic acid groups (broad SMARTS) is 1. The molecule has 0 bridgehead atoms. The van der Waals surface area contributed by atoms with Crippen molar-refractivity contribution in [2.75, 3.05) is 33.9 Å². The van der Waals surface area contributed by atoms with Crippen molar-refractivity contribution in [3.8, 4) is 0 Å². The second-order valence-corrected chi connectivity index (χ2v) is 3.64. The van der Waals surface area contributed by atoms with E-state index in [1.54, 1.807) is 27.2 Å². The minimum atomic E-state index is -1.03. The molecule has 1 atom stereocenters. The molecule has 0 fully saturated rings. The van der Waals surface area contributed by atoms with E-state index in [2.05, 4.69) is 10.3 Å². The van der Waals surface area contributed by atoms with Gasteiger partial charge in [-0.1, -0.05) is 6.08 Å². The Morgan fingerprint density at radius 3 is 2.61 bits per heavy atom. The molecule has 0 aromatic rings. The van der Waals surface area contributed by atoms with Crippen LogP contribution in [-0.4, -0.2) is 56.8 Å². The summed E-state index contributed by atoms with van der Waals surface area (Å²) in [6.45, 7) is 5.12. The lowest BCUT2D eigenvalue weighted by Crippen LogP contribution is -2.32. The van der Waals surface area contributed by atoms with E-state index in [0.717, 1.165) is 0 Å². The maximum absolute atomic E-state index is 10.7. The van der Waals surface area contributed by atoms with E-state index in [1.807, 2.05) is 0 Å². The Bertz CT molecular complexity index is 313. The van der Waals surface area contributed by atoms with Gasteiger partial charge < -0.3 is 19.9 Å². The van der Waals surface area contributed by atoms with E-state index in [9.17, 15) is 4.79 Å². The first-order chi connectivity index (χ1) is 8.56. The average molecular weight is 258 g/mol. The molecule has 0 aliphatic heterocycles. The topological polar surface area (TPSA) is 80.2 Å². The fourth-order valence-corrected chi connectivity index (χ4v) is 1.28. The highest BCUT2D eigenvalue weighted by Crippen LogP contribution is 2.08. The van der Waals surface area contributed by atoms with Crippen LogP contribution in [0.1, 0.15) is 13.8 Å². The molecule has 0 rings (SSSR count). The monoisotopic (exact) mass is 258 g/mol. The average Bonchev–Trinajstić information content (AvgIpc) is 2.36. The Hall–Kier alpha value is -1.24. The van der Waals surface area contributed by atoms with Gasteiger partial charge in [0.2, 0.25) is 0 Å². The number of nitrogens with zero attached hydrogens (tertiary/aromatic N) is 1. The van der Waals surface area contributed by atoms with Crippen LogP contribution >= 0.6 is 0 Å². The Morgan fingerprint density at radius 2 is 2.17 bits per heavy atom. The number of carboxylic acids is 1. The number of nitrogens with one attached hydrogen (secondary N) is 1. The van der Waals surface area contributed by atoms with Gasteiger partial charge in [-0.3, -0.25) is 0 Å². The lowest BCUT2D eigenvalue weighted by atomic mass is 10.2. The summed E-state index contributed by atoms with van der Waals surface area (Å²) in [4.78, 5) is 14.8. The highest BCUT2D eigenvalue weighted by molar-refractivity contribution is 6.34. The third-order valence-electron chi connectivity index (χ3n) is 2.33. The molecule has 0 radical (unpaired) electrons. The summed E-state index contributed by atoms with van der Waals surface area (Å²) in [5, 5.41) is 11.9. The highest BCUT2D eigenvalue weighted by atomic mass is 16.5. The van der Waals surface area contributed by atoms with Gasteiger partial charge in [0.25, 0.3) is 0 Å². The number of methoxy groups -OCH3 is 2. The van der Waals surface area contributed by atoms with Gasteiger partial charge in [0.1, 0.15) is 11.8 Å². The summed E-state index contributed by atoms with van der Waals surface area (Å²) in [5.41, 5.74) is 0.643. The SMILES string of the molecule is C/C=C(\N=C(C)C(=O)O)C(CNCCOC)OC. The molecule has 6 heteroatoms. The molecule has 0 heterocycles. The quantitative estimate of drug-likeness (QED) is 0.470. The first-order valence-corrected chi connectivity index (χ1v) is 5.74. The zero-order valence-electron chi connectivity index (χ0n) is 11.4. The van der Waals surface area contributed by atoms with Crippen molar-refractivity contribution < 1.29 is 19.4 Å². The third-order valence-corrected chi connectivity index (χ3v) is 2.33. The van der Waals surface area contributed by atoms with Crippen LogP contribution in [0.4, 0.5) is 0 Å². The number of rotatable bonds is 9. The van der Waals surface area contributed by atoms with Crippen molar-refractivity contribution in [2.45, 2.75) is 20.0 Å². The lowest BCUT2D eigenvalue weighted by molar-refractivity contribution is -0.129. The van der Waals surface area contributed by atoms with E-state index in [0.29, 0.717) is 25.4 Å². The second-order valence-electron chi connectivity index (χ2n) is 3.64. The molecule has 18 heavy (non-hydrogen) atoms. The van der Waals surface area contributed by atoms with Gasteiger partial charge >= 0.3 is 5.97 Å². The van der Waals surface area contributed by atoms with Crippen LogP contribution in [-0.2, 0) is 14.3 Å². The Balaban J connectivity index is 4.50. The van der Waals surface area contributed by atoms with E-state index in [4.69, 9.17) is 14.6 Å². The van der Waals surface area contributed by atoms with Gasteiger partial charge in [0.15, 0.2) is 0 Å². The van der Waals surface area contributed by atoms with E-state index < -0.39 is 5.97 Å². The number of aliphatic imine (C=N–C) groups is 1. The predicted octanol–water partition coefficient (Wildman–Crippen LogP) is 0.687. The summed E-state index contributed by atoms with van der Waals surface area (Å²) >= 11 is 0. The van der Waals surface area contributed by atoms with Crippen molar-refractivity contribution in [1.29, 1.82) is 0 Å². The lowest BCUT2D eigenvalue weighted by Gasteiger charge is -2.16. The molecule has 1 unspecified atom stereocenters. The van der Waals surface area contributed by atoms with Gasteiger partial charge in [-0.05, 0) is 13.8 Å². The van der Waals surface area contributed by atoms with Crippen LogP contribution in [0, 0.1) is 0 Å². The molecular formula is C12H22N2O4. The predicted molar refractivity (Wildman–Crippen MR) is 70.0 cm³/mol. The molecule has 0 aromatic heterocycles. The molecule has 104 valence electrons. The fourth-order valence-electron chi connectivity index (χ4n) is 1.28. The minimum Gasteiger partial charge on any atom is -0.477 e. The van der Waals surface area contributed by atoms with Crippen molar-refractivity contribution in [3.63, 3.8) is 0 Å². The second kappa shape index (κ2) is 9.76. The van der Waals surface area contributed by atoms with Crippen LogP contribution in [0.15, 0.2) is 16.8 Å². The summed E-state index contributed by atoms with van der Waals surface area (Å²) in [7, 11) is 3.20. The largest absolute Gasteiger partial charge is 0.477 e. The Labute approximate surface area is 108 Å². The summed E-state index contributed by atoms with van der Waals surface area (Å²) in [6, 6.07) is 0. The summed E-state index contributed by atoms with van der Waals surface area (Å²) < 4.78 is 10.2. The van der Waals surface area contributed by atoms with Crippen molar-refractivity contribution >= 4 is 11.7 Å². The van der Waals surface area contributed by atoms with Crippen molar-refractivity contribution in [1.82, 2.24) is 5.32 Å². The van der Waals surface area contributed by atoms with Gasteiger partial charge in [0.05, 0.1) is 12.3 Å². The summed E-state index contributed by atoms with van der Waals surface area (Å²) in [5.74, 6) is -1.03. The zero-order chi connectivity index (χ0) is 14.0. The van der Waals surface area contributed by atoms with Crippen LogP contribution in [0.3, 0.4) is 0 Å². The number of aliphatic carboxylic acids is 1. The maximum atomic E-state index is 10.7. The number of allylic oxidation sites excluding steroid dienone is 1. The van der Waals surface area contributed by atoms with Gasteiger partial charge in [-0.25, -0.2) is 9.79 Å². The molecule has 0 aliphatic rings. The van der Waals surface area contributed by atoms with Gasteiger partial charge in [-0.2, -0.15) is 0 Å². The molecule has 0 saturated heterocycles. The molecule has 0 spiro atoms. The first-order valence-electron chi connectivity index (χ1n) is 5.74. The highest BCUT2D eigenvalue weighted by Gasteiger charge is 2.13. The number of ether oxygens (including phenoxy) is 2. The van der Waals surface area contributed by atoms with Crippen LogP contribution in [0.2, 0.25) is 0 Å². The fraction of sp³-hybridized carbons (Fsp3) is 0.667. The summed E-state index contributed by atoms with van der Waals surface area (Å²) in [6.07, 6.45) is 1.47. The van der Waals surface area contributed by atoms with Crippen LogP contribution < -0.4 is 5.32 Å². The van der Waals surface area contributed by atoms with E-state index in [-0.39, 0.29) is 11.8 Å². The van der Waals surface area contributed by atoms with E-state index >= 15 is 0 Å². The van der Waals surface area contributed by atoms with Crippen LogP contribution in [0.5, 0.6) is 0 Å². The Kier molecular flexibility index (Phi) is 9.08. The molecule has 6 nitrogen and oxygen atoms in total. The molecular weight excluding hydrogens is 236 g/mol. The molecule has 0 amide bonds. The number of hydrogen-bond donors (Lipinski definition) is 2. The molecule has 0 aliphatic carbocycles. The minimum absolute atomic E-state index is 0.0436. The normalized spacial score (nSPS) is 14.7. The van der Waals surface area contributed by atoms with Crippen LogP contribution in [0.25, 0.3) is 0 Å². The smallest absolute Gasteiger partial charge is 0.349 e. The standard InChI is InChI=1S/C12H22N2O4/c1-5-10(14-9(2)12(15)16)11(18-4)8-13-6-7-17-3/h5,11,13H,6-8H2,1-4H3,(H,15,16)/b10-5-,14-9?. The number of carbonyl (C=O) groups is 1. The number of hydrogen-bond acceptors (Lipinski definition) is 5. The van der Waals surface area contributed by atoms with Crippen molar-refractivity contribution in [2.24, 2.45) is 4.99 Å². The van der Waals surface area contributed by atoms with Gasteiger partial charge in [0, 0.05) is 27.3 Å².